The molecule has 2 aromatic carbocycles. The van der Waals surface area contributed by atoms with Gasteiger partial charge in [-0.3, -0.25) is 4.79 Å². The molecule has 11 heteroatoms. The number of carbonyl (C=O) groups excluding carboxylic acids is 1. The molecule has 9 nitrogen and oxygen atoms in total. The van der Waals surface area contributed by atoms with Crippen LogP contribution in [0, 0.1) is 12.4 Å². The summed E-state index contributed by atoms with van der Waals surface area (Å²) in [6.45, 7) is 14.0. The van der Waals surface area contributed by atoms with Gasteiger partial charge in [-0.2, -0.15) is 9.97 Å². The van der Waals surface area contributed by atoms with Crippen molar-refractivity contribution in [2.75, 3.05) is 56.6 Å². The summed E-state index contributed by atoms with van der Waals surface area (Å²) < 4.78 is 21.1. The highest BCUT2D eigenvalue weighted by molar-refractivity contribution is 6.36. The maximum Gasteiger partial charge on any atom is 0.319 e. The number of piperazine rings is 1. The summed E-state index contributed by atoms with van der Waals surface area (Å²) in [5, 5.41) is 1.68. The van der Waals surface area contributed by atoms with Gasteiger partial charge in [0.2, 0.25) is 12.5 Å². The number of hydrogen-bond donors (Lipinski definition) is 0. The molecule has 3 aromatic rings. The molecule has 0 N–H and O–H groups in total. The summed E-state index contributed by atoms with van der Waals surface area (Å²) in [6, 6.07) is 9.37. The number of ether oxygens (including phenoxy) is 1. The summed E-state index contributed by atoms with van der Waals surface area (Å²) in [6.07, 6.45) is 5.02. The average molecular weight is 618 g/mol. The first-order valence-electron chi connectivity index (χ1n) is 15.1. The van der Waals surface area contributed by atoms with E-state index >= 15 is 0 Å². The molecule has 0 bridgehead atoms. The number of halogens is 2. The maximum absolute atomic E-state index is 14.6. The summed E-state index contributed by atoms with van der Waals surface area (Å²) in [4.78, 5) is 34.5. The molecule has 0 unspecified atom stereocenters. The van der Waals surface area contributed by atoms with Gasteiger partial charge in [-0.1, -0.05) is 36.4 Å². The monoisotopic (exact) mass is 617 g/mol. The molecule has 3 atom stereocenters. The first-order chi connectivity index (χ1) is 21.3. The van der Waals surface area contributed by atoms with Crippen molar-refractivity contribution in [1.82, 2.24) is 19.8 Å². The number of amides is 1. The van der Waals surface area contributed by atoms with Crippen LogP contribution < -0.4 is 14.5 Å². The van der Waals surface area contributed by atoms with Crippen LogP contribution in [0.4, 0.5) is 15.9 Å². The zero-order valence-electron chi connectivity index (χ0n) is 25.2. The molecule has 0 radical (unpaired) electrons. The number of anilines is 2. The van der Waals surface area contributed by atoms with Gasteiger partial charge in [0.15, 0.2) is 0 Å². The second-order valence-electron chi connectivity index (χ2n) is 12.0. The molecule has 230 valence electrons. The zero-order chi connectivity index (χ0) is 31.0. The number of likely N-dealkylation sites (N-methyl/N-ethyl adjacent to an activating group) is 1. The van der Waals surface area contributed by atoms with Crippen LogP contribution in [-0.2, 0) is 17.8 Å². The Morgan fingerprint density at radius 2 is 2.05 bits per heavy atom. The SMILES string of the molecule is [C-]#[N+]C[C@H]1CN(c2nc(O[C@@H]3CCC[C@@H]3N(C)C)nc3c2CCN(c2cccc4ccc(F)c(Cl)c24)C3)CCN1C(=O)C=C. The fourth-order valence-electron chi connectivity index (χ4n) is 6.95. The molecule has 3 aliphatic rings. The molecule has 6 rings (SSSR count). The zero-order valence-corrected chi connectivity index (χ0v) is 25.9. The standard InChI is InChI=1S/C33H37ClFN7O2/c1-5-29(43)42-17-16-41(19-22(42)18-36-2)32-23-14-15-40(27-10-6-8-21-12-13-24(35)31(34)30(21)27)20-25(23)37-33(38-32)44-28-11-7-9-26(28)39(3)4/h5-6,8,10,12-13,22,26,28H,1,7,9,11,14-20H2,3-4H3/t22-,26-,28+/m0/s1. The average Bonchev–Trinajstić information content (AvgIpc) is 3.50. The smallest absolute Gasteiger partial charge is 0.319 e. The van der Waals surface area contributed by atoms with Gasteiger partial charge in [0.05, 0.1) is 17.3 Å². The van der Waals surface area contributed by atoms with Crippen molar-refractivity contribution in [3.8, 4) is 6.01 Å². The molecule has 1 aromatic heterocycles. The third-order valence-electron chi connectivity index (χ3n) is 9.16. The second kappa shape index (κ2) is 12.6. The fraction of sp³-hybridized carbons (Fsp3) is 0.455. The van der Waals surface area contributed by atoms with Crippen LogP contribution in [0.5, 0.6) is 6.01 Å². The van der Waals surface area contributed by atoms with E-state index in [0.717, 1.165) is 47.4 Å². The lowest BCUT2D eigenvalue weighted by Crippen LogP contribution is -2.56. The lowest BCUT2D eigenvalue weighted by molar-refractivity contribution is -0.128. The van der Waals surface area contributed by atoms with E-state index < -0.39 is 5.82 Å². The van der Waals surface area contributed by atoms with E-state index in [1.54, 1.807) is 11.0 Å². The number of fused-ring (bicyclic) bond motifs is 2. The molecular formula is C33H37ClFN7O2. The highest BCUT2D eigenvalue weighted by atomic mass is 35.5. The van der Waals surface area contributed by atoms with E-state index in [1.165, 1.54) is 12.1 Å². The van der Waals surface area contributed by atoms with Crippen molar-refractivity contribution in [2.45, 2.75) is 50.4 Å². The normalized spacial score (nSPS) is 21.8. The van der Waals surface area contributed by atoms with E-state index in [-0.39, 0.29) is 35.7 Å². The molecule has 0 spiro atoms. The van der Waals surface area contributed by atoms with Crippen LogP contribution >= 0.6 is 11.6 Å². The van der Waals surface area contributed by atoms with E-state index in [1.807, 2.05) is 18.2 Å². The Labute approximate surface area is 262 Å². The minimum atomic E-state index is -0.445. The van der Waals surface area contributed by atoms with E-state index in [0.29, 0.717) is 50.5 Å². The number of nitrogens with zero attached hydrogens (tertiary/aromatic N) is 7. The van der Waals surface area contributed by atoms with E-state index in [9.17, 15) is 9.18 Å². The Morgan fingerprint density at radius 3 is 2.82 bits per heavy atom. The highest BCUT2D eigenvalue weighted by Gasteiger charge is 2.36. The predicted octanol–water partition coefficient (Wildman–Crippen LogP) is 4.97. The molecule has 1 aliphatic carbocycles. The second-order valence-corrected chi connectivity index (χ2v) is 12.3. The number of aromatic nitrogens is 2. The first kappa shape index (κ1) is 30.1. The first-order valence-corrected chi connectivity index (χ1v) is 15.5. The quantitative estimate of drug-likeness (QED) is 0.274. The van der Waals surface area contributed by atoms with Gasteiger partial charge < -0.3 is 29.2 Å². The fourth-order valence-corrected chi connectivity index (χ4v) is 7.22. The van der Waals surface area contributed by atoms with Crippen molar-refractivity contribution >= 4 is 39.8 Å². The third-order valence-corrected chi connectivity index (χ3v) is 9.53. The van der Waals surface area contributed by atoms with Crippen molar-refractivity contribution in [2.24, 2.45) is 0 Å². The Morgan fingerprint density at radius 1 is 1.20 bits per heavy atom. The molecule has 2 aliphatic heterocycles. The van der Waals surface area contributed by atoms with Crippen LogP contribution in [0.25, 0.3) is 15.6 Å². The van der Waals surface area contributed by atoms with Crippen LogP contribution in [-0.4, -0.2) is 90.7 Å². The summed E-state index contributed by atoms with van der Waals surface area (Å²) in [5.41, 5.74) is 2.75. The molecule has 3 heterocycles. The van der Waals surface area contributed by atoms with Crippen LogP contribution in [0.15, 0.2) is 43.0 Å². The van der Waals surface area contributed by atoms with E-state index in [4.69, 9.17) is 32.9 Å². The highest BCUT2D eigenvalue weighted by Crippen LogP contribution is 2.38. The Kier molecular flexibility index (Phi) is 8.61. The summed E-state index contributed by atoms with van der Waals surface area (Å²) in [5.74, 6) is 0.190. The van der Waals surface area contributed by atoms with Crippen molar-refractivity contribution in [3.63, 3.8) is 0 Å². The minimum Gasteiger partial charge on any atom is -0.458 e. The number of carbonyl (C=O) groups is 1. The van der Waals surface area contributed by atoms with Gasteiger partial charge >= 0.3 is 6.01 Å². The lowest BCUT2D eigenvalue weighted by atomic mass is 10.0. The van der Waals surface area contributed by atoms with Gasteiger partial charge in [0, 0.05) is 48.9 Å². The van der Waals surface area contributed by atoms with Crippen molar-refractivity contribution in [3.05, 3.63) is 76.5 Å². The molecule has 1 saturated carbocycles. The maximum atomic E-state index is 14.6. The Bertz CT molecular complexity index is 1630. The van der Waals surface area contributed by atoms with Gasteiger partial charge in [-0.15, -0.1) is 0 Å². The van der Waals surface area contributed by atoms with Crippen LogP contribution in [0.1, 0.15) is 30.5 Å². The lowest BCUT2D eigenvalue weighted by Gasteiger charge is -2.41. The van der Waals surface area contributed by atoms with Crippen LogP contribution in [0.3, 0.4) is 0 Å². The number of hydrogen-bond acceptors (Lipinski definition) is 7. The minimum absolute atomic E-state index is 0.0210. The molecule has 1 amide bonds. The number of benzene rings is 2. The molecule has 44 heavy (non-hydrogen) atoms. The Balaban J connectivity index is 1.38. The van der Waals surface area contributed by atoms with Crippen molar-refractivity contribution < 1.29 is 13.9 Å². The largest absolute Gasteiger partial charge is 0.458 e. The number of rotatable bonds is 7. The Hall–Kier alpha value is -3.94. The van der Waals surface area contributed by atoms with Gasteiger partial charge in [-0.25, -0.2) is 11.0 Å². The summed E-state index contributed by atoms with van der Waals surface area (Å²) >= 11 is 6.51. The molecule has 2 fully saturated rings. The van der Waals surface area contributed by atoms with Gasteiger partial charge in [0.1, 0.15) is 23.8 Å². The molecule has 1 saturated heterocycles. The van der Waals surface area contributed by atoms with Crippen LogP contribution in [0.2, 0.25) is 5.02 Å². The summed E-state index contributed by atoms with van der Waals surface area (Å²) in [7, 11) is 4.14. The van der Waals surface area contributed by atoms with E-state index in [2.05, 4.69) is 40.2 Å². The predicted molar refractivity (Wildman–Crippen MR) is 171 cm³/mol. The molecular weight excluding hydrogens is 581 g/mol. The van der Waals surface area contributed by atoms with Crippen molar-refractivity contribution in [1.29, 1.82) is 0 Å². The van der Waals surface area contributed by atoms with Gasteiger partial charge in [-0.05, 0) is 63.4 Å². The third kappa shape index (κ3) is 5.66. The van der Waals surface area contributed by atoms with Gasteiger partial charge in [0.25, 0.3) is 0 Å². The topological polar surface area (TPSA) is 69.4 Å².